The van der Waals surface area contributed by atoms with Gasteiger partial charge in [-0.1, -0.05) is 0 Å². The third-order valence-corrected chi connectivity index (χ3v) is 3.74. The summed E-state index contributed by atoms with van der Waals surface area (Å²) in [6.45, 7) is 0.0895. The van der Waals surface area contributed by atoms with E-state index < -0.39 is 44.5 Å². The molecule has 0 amide bonds. The standard InChI is InChI=1S/C11H19O8P/c1-2-3-5-18-11-10(14)9(13)8(12)7(19-11)4-6-20(15,16)17/h1,7-14H,3-6H2,(H2,15,16,17)/t7-,8-,9+,10+,11+/m1/s1. The molecule has 1 saturated heterocycles. The smallest absolute Gasteiger partial charge is 0.325 e. The SMILES string of the molecule is C#CCCO[C@H]1O[C@H](CCP(=O)(O)O)[C@@H](O)[C@H](O)[C@@H]1O. The van der Waals surface area contributed by atoms with Crippen LogP contribution < -0.4 is 0 Å². The highest BCUT2D eigenvalue weighted by molar-refractivity contribution is 7.51. The largest absolute Gasteiger partial charge is 0.388 e. The van der Waals surface area contributed by atoms with Crippen molar-refractivity contribution in [3.05, 3.63) is 0 Å². The zero-order valence-corrected chi connectivity index (χ0v) is 11.6. The molecule has 0 saturated carbocycles. The molecule has 116 valence electrons. The van der Waals surface area contributed by atoms with E-state index in [1.54, 1.807) is 0 Å². The summed E-state index contributed by atoms with van der Waals surface area (Å²) in [5.74, 6) is 2.32. The molecule has 1 aliphatic heterocycles. The van der Waals surface area contributed by atoms with Gasteiger partial charge in [-0.05, 0) is 6.42 Å². The summed E-state index contributed by atoms with van der Waals surface area (Å²) in [7, 11) is -4.24. The van der Waals surface area contributed by atoms with Gasteiger partial charge in [-0.25, -0.2) is 0 Å². The quantitative estimate of drug-likeness (QED) is 0.225. The molecule has 0 aliphatic carbocycles. The highest BCUT2D eigenvalue weighted by atomic mass is 31.2. The molecule has 1 heterocycles. The van der Waals surface area contributed by atoms with Crippen LogP contribution in [-0.4, -0.2) is 68.6 Å². The highest BCUT2D eigenvalue weighted by Crippen LogP contribution is 2.37. The fraction of sp³-hybridized carbons (Fsp3) is 0.818. The molecule has 0 bridgehead atoms. The summed E-state index contributed by atoms with van der Waals surface area (Å²) in [4.78, 5) is 17.6. The van der Waals surface area contributed by atoms with E-state index in [2.05, 4.69) is 5.92 Å². The molecule has 0 aromatic rings. The van der Waals surface area contributed by atoms with Crippen molar-refractivity contribution in [2.75, 3.05) is 12.8 Å². The number of hydrogen-bond donors (Lipinski definition) is 5. The Morgan fingerprint density at radius 3 is 2.40 bits per heavy atom. The van der Waals surface area contributed by atoms with Gasteiger partial charge in [0.15, 0.2) is 6.29 Å². The molecular weight excluding hydrogens is 291 g/mol. The first-order valence-corrected chi connectivity index (χ1v) is 7.85. The van der Waals surface area contributed by atoms with Crippen molar-refractivity contribution in [1.29, 1.82) is 0 Å². The molecule has 1 aliphatic rings. The highest BCUT2D eigenvalue weighted by Gasteiger charge is 2.44. The predicted molar refractivity (Wildman–Crippen MR) is 67.6 cm³/mol. The molecule has 8 nitrogen and oxygen atoms in total. The lowest BCUT2D eigenvalue weighted by Gasteiger charge is -2.40. The first-order valence-electron chi connectivity index (χ1n) is 6.05. The Morgan fingerprint density at radius 1 is 1.20 bits per heavy atom. The van der Waals surface area contributed by atoms with Crippen LogP contribution in [0.5, 0.6) is 0 Å². The van der Waals surface area contributed by atoms with Crippen LogP contribution in [0.4, 0.5) is 0 Å². The topological polar surface area (TPSA) is 137 Å². The number of terminal acetylenes is 1. The summed E-state index contributed by atoms with van der Waals surface area (Å²) < 4.78 is 21.2. The minimum absolute atomic E-state index is 0.0895. The Balaban J connectivity index is 2.61. The molecule has 5 N–H and O–H groups in total. The summed E-state index contributed by atoms with van der Waals surface area (Å²) in [5, 5.41) is 29.1. The Labute approximate surface area is 116 Å². The van der Waals surface area contributed by atoms with E-state index >= 15 is 0 Å². The lowest BCUT2D eigenvalue weighted by atomic mass is 9.97. The minimum Gasteiger partial charge on any atom is -0.388 e. The molecule has 0 unspecified atom stereocenters. The van der Waals surface area contributed by atoms with Crippen LogP contribution in [0, 0.1) is 12.3 Å². The Kier molecular flexibility index (Phi) is 6.58. The second kappa shape index (κ2) is 7.50. The van der Waals surface area contributed by atoms with E-state index in [0.29, 0.717) is 0 Å². The van der Waals surface area contributed by atoms with Gasteiger partial charge in [-0.15, -0.1) is 12.3 Å². The average Bonchev–Trinajstić information content (AvgIpc) is 2.36. The van der Waals surface area contributed by atoms with Crippen LogP contribution in [-0.2, 0) is 14.0 Å². The Bertz CT molecular complexity index is 388. The van der Waals surface area contributed by atoms with Gasteiger partial charge >= 0.3 is 7.60 Å². The fourth-order valence-corrected chi connectivity index (χ4v) is 2.41. The van der Waals surface area contributed by atoms with Crippen LogP contribution >= 0.6 is 7.60 Å². The molecule has 5 atom stereocenters. The van der Waals surface area contributed by atoms with Crippen LogP contribution in [0.2, 0.25) is 0 Å². The van der Waals surface area contributed by atoms with Crippen molar-refractivity contribution in [2.24, 2.45) is 0 Å². The molecule has 0 spiro atoms. The summed E-state index contributed by atoms with van der Waals surface area (Å²) >= 11 is 0. The van der Waals surface area contributed by atoms with E-state index in [0.717, 1.165) is 0 Å². The van der Waals surface area contributed by atoms with Gasteiger partial charge in [0.1, 0.15) is 18.3 Å². The number of hydrogen-bond acceptors (Lipinski definition) is 6. The monoisotopic (exact) mass is 310 g/mol. The summed E-state index contributed by atoms with van der Waals surface area (Å²) in [5.41, 5.74) is 0. The number of ether oxygens (including phenoxy) is 2. The van der Waals surface area contributed by atoms with Gasteiger partial charge < -0.3 is 34.6 Å². The number of rotatable bonds is 6. The van der Waals surface area contributed by atoms with Crippen LogP contribution in [0.25, 0.3) is 0 Å². The maximum Gasteiger partial charge on any atom is 0.325 e. The maximum absolute atomic E-state index is 10.8. The number of aliphatic hydroxyl groups excluding tert-OH is 3. The number of aliphatic hydroxyl groups is 3. The molecule has 0 radical (unpaired) electrons. The summed E-state index contributed by atoms with van der Waals surface area (Å²) in [6.07, 6.45) is -2.06. The van der Waals surface area contributed by atoms with E-state index in [1.165, 1.54) is 0 Å². The van der Waals surface area contributed by atoms with Gasteiger partial charge in [0.2, 0.25) is 0 Å². The molecule has 0 aromatic carbocycles. The molecule has 1 fully saturated rings. The molecule has 20 heavy (non-hydrogen) atoms. The van der Waals surface area contributed by atoms with Crippen molar-refractivity contribution < 1.29 is 39.1 Å². The maximum atomic E-state index is 10.8. The molecule has 1 rings (SSSR count). The zero-order valence-electron chi connectivity index (χ0n) is 10.7. The second-order valence-electron chi connectivity index (χ2n) is 4.52. The van der Waals surface area contributed by atoms with Gasteiger partial charge in [0.25, 0.3) is 0 Å². The fourth-order valence-electron chi connectivity index (χ4n) is 1.82. The van der Waals surface area contributed by atoms with E-state index in [9.17, 15) is 19.9 Å². The molecule has 0 aromatic heterocycles. The predicted octanol–water partition coefficient (Wildman–Crippen LogP) is -1.60. The summed E-state index contributed by atoms with van der Waals surface area (Å²) in [6, 6.07) is 0. The van der Waals surface area contributed by atoms with Crippen molar-refractivity contribution in [2.45, 2.75) is 43.5 Å². The van der Waals surface area contributed by atoms with Gasteiger partial charge in [0, 0.05) is 6.42 Å². The van der Waals surface area contributed by atoms with E-state index in [4.69, 9.17) is 25.7 Å². The average molecular weight is 310 g/mol. The van der Waals surface area contributed by atoms with Crippen molar-refractivity contribution in [1.82, 2.24) is 0 Å². The van der Waals surface area contributed by atoms with Crippen LogP contribution in [0.1, 0.15) is 12.8 Å². The second-order valence-corrected chi connectivity index (χ2v) is 6.29. The first-order chi connectivity index (χ1) is 9.26. The third-order valence-electron chi connectivity index (χ3n) is 2.90. The van der Waals surface area contributed by atoms with E-state index in [-0.39, 0.29) is 19.4 Å². The lowest BCUT2D eigenvalue weighted by Crippen LogP contribution is -2.58. The van der Waals surface area contributed by atoms with Gasteiger partial charge in [-0.2, -0.15) is 0 Å². The van der Waals surface area contributed by atoms with Crippen molar-refractivity contribution in [3.8, 4) is 12.3 Å². The van der Waals surface area contributed by atoms with Crippen molar-refractivity contribution >= 4 is 7.60 Å². The third kappa shape index (κ3) is 5.13. The van der Waals surface area contributed by atoms with Crippen LogP contribution in [0.15, 0.2) is 0 Å². The molecular formula is C11H19O8P. The Hall–Kier alpha value is -0.490. The lowest BCUT2D eigenvalue weighted by molar-refractivity contribution is -0.296. The zero-order chi connectivity index (χ0) is 15.3. The Morgan fingerprint density at radius 2 is 1.85 bits per heavy atom. The molecule has 9 heteroatoms. The first kappa shape index (κ1) is 17.6. The minimum atomic E-state index is -4.24. The van der Waals surface area contributed by atoms with Crippen molar-refractivity contribution in [3.63, 3.8) is 0 Å². The van der Waals surface area contributed by atoms with Crippen LogP contribution in [0.3, 0.4) is 0 Å². The normalized spacial score (nSPS) is 34.7. The van der Waals surface area contributed by atoms with Gasteiger partial charge in [0.05, 0.1) is 18.9 Å². The van der Waals surface area contributed by atoms with Gasteiger partial charge in [-0.3, -0.25) is 4.57 Å². The van der Waals surface area contributed by atoms with E-state index in [1.807, 2.05) is 0 Å².